The molecule has 90 valence electrons. The van der Waals surface area contributed by atoms with Gasteiger partial charge in [-0.15, -0.1) is 0 Å². The van der Waals surface area contributed by atoms with Crippen molar-refractivity contribution in [1.29, 1.82) is 0 Å². The number of amidine groups is 1. The number of nitrogens with one attached hydrogen (secondary N) is 1. The molecule has 4 nitrogen and oxygen atoms in total. The van der Waals surface area contributed by atoms with E-state index in [0.717, 1.165) is 10.9 Å². The number of rotatable bonds is 2. The Morgan fingerprint density at radius 1 is 1.59 bits per heavy atom. The number of ketones is 1. The number of carbonyl (C=O) groups excluding carboxylic acids is 1. The van der Waals surface area contributed by atoms with E-state index in [1.165, 1.54) is 11.8 Å². The van der Waals surface area contributed by atoms with E-state index in [0.29, 0.717) is 11.3 Å². The van der Waals surface area contributed by atoms with Crippen molar-refractivity contribution in [3.05, 3.63) is 35.4 Å². The molecule has 0 fully saturated rings. The third-order valence-corrected chi connectivity index (χ3v) is 3.20. The molecule has 1 aromatic heterocycles. The second kappa shape index (κ2) is 4.79. The van der Waals surface area contributed by atoms with Crippen LogP contribution in [0, 0.1) is 0 Å². The highest BCUT2D eigenvalue weighted by molar-refractivity contribution is 8.13. The molecule has 17 heavy (non-hydrogen) atoms. The standard InChI is InChI=1S/C12H14N2O2S/c1-7-10(8(2)15)11(9-5-4-6-16-9)14-12(13-7)17-3/h4-6,11H,1-3H3,(H,13,14)/t11-/m1/s1. The quantitative estimate of drug-likeness (QED) is 0.876. The van der Waals surface area contributed by atoms with Gasteiger partial charge >= 0.3 is 0 Å². The van der Waals surface area contributed by atoms with Crippen molar-refractivity contribution < 1.29 is 9.21 Å². The lowest BCUT2D eigenvalue weighted by Gasteiger charge is -2.23. The third-order valence-electron chi connectivity index (χ3n) is 2.60. The zero-order chi connectivity index (χ0) is 12.4. The van der Waals surface area contributed by atoms with Gasteiger partial charge in [0.25, 0.3) is 0 Å². The van der Waals surface area contributed by atoms with Crippen LogP contribution in [0.4, 0.5) is 0 Å². The summed E-state index contributed by atoms with van der Waals surface area (Å²) in [7, 11) is 0. The Balaban J connectivity index is 2.46. The SMILES string of the molecule is CSC1=N[C@H](c2ccco2)C(C(C)=O)=C(C)N1. The molecule has 0 saturated heterocycles. The molecule has 1 aromatic rings. The second-order valence-corrected chi connectivity index (χ2v) is 4.57. The topological polar surface area (TPSA) is 54.6 Å². The number of furan rings is 1. The van der Waals surface area contributed by atoms with Crippen LogP contribution >= 0.6 is 11.8 Å². The molecule has 0 spiro atoms. The zero-order valence-electron chi connectivity index (χ0n) is 9.98. The minimum atomic E-state index is -0.328. The van der Waals surface area contributed by atoms with Gasteiger partial charge in [0.2, 0.25) is 0 Å². The first-order valence-corrected chi connectivity index (χ1v) is 6.50. The Morgan fingerprint density at radius 3 is 2.88 bits per heavy atom. The van der Waals surface area contributed by atoms with Crippen LogP contribution < -0.4 is 5.32 Å². The summed E-state index contributed by atoms with van der Waals surface area (Å²) in [6, 6.07) is 3.32. The van der Waals surface area contributed by atoms with Crippen LogP contribution in [-0.2, 0) is 4.79 Å². The van der Waals surface area contributed by atoms with Crippen LogP contribution in [0.25, 0.3) is 0 Å². The maximum Gasteiger partial charge on any atom is 0.161 e. The molecule has 0 radical (unpaired) electrons. The van der Waals surface area contributed by atoms with E-state index in [2.05, 4.69) is 10.3 Å². The smallest absolute Gasteiger partial charge is 0.161 e. The Labute approximate surface area is 104 Å². The average Bonchev–Trinajstić information content (AvgIpc) is 2.80. The molecule has 2 rings (SSSR count). The van der Waals surface area contributed by atoms with Crippen molar-refractivity contribution in [2.75, 3.05) is 6.26 Å². The number of nitrogens with zero attached hydrogens (tertiary/aromatic N) is 1. The maximum absolute atomic E-state index is 11.7. The van der Waals surface area contributed by atoms with Crippen LogP contribution in [0.2, 0.25) is 0 Å². The van der Waals surface area contributed by atoms with Gasteiger partial charge < -0.3 is 9.73 Å². The number of hydrogen-bond acceptors (Lipinski definition) is 5. The Bertz CT molecular complexity index is 489. The van der Waals surface area contributed by atoms with Crippen LogP contribution in [-0.4, -0.2) is 17.2 Å². The highest BCUT2D eigenvalue weighted by Crippen LogP contribution is 2.32. The Morgan fingerprint density at radius 2 is 2.35 bits per heavy atom. The number of hydrogen-bond donors (Lipinski definition) is 1. The lowest BCUT2D eigenvalue weighted by molar-refractivity contribution is -0.114. The van der Waals surface area contributed by atoms with Gasteiger partial charge in [0.15, 0.2) is 11.0 Å². The van der Waals surface area contributed by atoms with Crippen molar-refractivity contribution in [3.8, 4) is 0 Å². The summed E-state index contributed by atoms with van der Waals surface area (Å²) in [6.45, 7) is 3.44. The van der Waals surface area contributed by atoms with E-state index in [9.17, 15) is 4.79 Å². The van der Waals surface area contributed by atoms with Crippen molar-refractivity contribution in [2.24, 2.45) is 4.99 Å². The van der Waals surface area contributed by atoms with Crippen molar-refractivity contribution >= 4 is 22.7 Å². The fourth-order valence-electron chi connectivity index (χ4n) is 1.86. The summed E-state index contributed by atoms with van der Waals surface area (Å²) in [5.41, 5.74) is 1.51. The van der Waals surface area contributed by atoms with Gasteiger partial charge in [-0.25, -0.2) is 4.99 Å². The van der Waals surface area contributed by atoms with Gasteiger partial charge in [-0.3, -0.25) is 4.79 Å². The van der Waals surface area contributed by atoms with E-state index in [4.69, 9.17) is 4.42 Å². The average molecular weight is 250 g/mol. The van der Waals surface area contributed by atoms with E-state index >= 15 is 0 Å². The number of thioether (sulfide) groups is 1. The van der Waals surface area contributed by atoms with Gasteiger partial charge in [0, 0.05) is 11.3 Å². The van der Waals surface area contributed by atoms with Crippen molar-refractivity contribution in [1.82, 2.24) is 5.32 Å². The molecule has 0 saturated carbocycles. The monoisotopic (exact) mass is 250 g/mol. The van der Waals surface area contributed by atoms with Crippen molar-refractivity contribution in [2.45, 2.75) is 19.9 Å². The molecule has 1 N–H and O–H groups in total. The molecule has 0 unspecified atom stereocenters. The molecule has 0 aliphatic carbocycles. The first-order valence-electron chi connectivity index (χ1n) is 5.27. The van der Waals surface area contributed by atoms with Gasteiger partial charge in [-0.05, 0) is 32.2 Å². The van der Waals surface area contributed by atoms with Gasteiger partial charge in [0.05, 0.1) is 6.26 Å². The molecule has 2 heterocycles. The summed E-state index contributed by atoms with van der Waals surface area (Å²) in [5, 5.41) is 3.92. The molecule has 0 bridgehead atoms. The Kier molecular flexibility index (Phi) is 3.38. The predicted molar refractivity (Wildman–Crippen MR) is 68.9 cm³/mol. The van der Waals surface area contributed by atoms with Crippen LogP contribution in [0.15, 0.2) is 39.1 Å². The first-order chi connectivity index (χ1) is 8.13. The normalized spacial score (nSPS) is 19.9. The summed E-state index contributed by atoms with van der Waals surface area (Å²) in [5.74, 6) is 0.711. The highest BCUT2D eigenvalue weighted by atomic mass is 32.2. The summed E-state index contributed by atoms with van der Waals surface area (Å²) in [4.78, 5) is 16.2. The van der Waals surface area contributed by atoms with E-state index in [1.54, 1.807) is 19.3 Å². The summed E-state index contributed by atoms with van der Waals surface area (Å²) in [6.07, 6.45) is 3.54. The summed E-state index contributed by atoms with van der Waals surface area (Å²) < 4.78 is 5.36. The lowest BCUT2D eigenvalue weighted by Crippen LogP contribution is -2.28. The molecular weight excluding hydrogens is 236 g/mol. The first kappa shape index (κ1) is 12.0. The van der Waals surface area contributed by atoms with E-state index < -0.39 is 0 Å². The number of allylic oxidation sites excluding steroid dienone is 1. The van der Waals surface area contributed by atoms with E-state index in [1.807, 2.05) is 19.2 Å². The van der Waals surface area contributed by atoms with Crippen LogP contribution in [0.5, 0.6) is 0 Å². The van der Waals surface area contributed by atoms with Gasteiger partial charge in [-0.2, -0.15) is 0 Å². The molecule has 0 amide bonds. The van der Waals surface area contributed by atoms with Gasteiger partial charge in [-0.1, -0.05) is 11.8 Å². The Hall–Kier alpha value is -1.49. The van der Waals surface area contributed by atoms with E-state index in [-0.39, 0.29) is 11.8 Å². The number of Topliss-reactive ketones (excluding diaryl/α,β-unsaturated/α-hetero) is 1. The zero-order valence-corrected chi connectivity index (χ0v) is 10.8. The molecule has 0 aromatic carbocycles. The number of aliphatic imine (C=N–C) groups is 1. The largest absolute Gasteiger partial charge is 0.467 e. The molecule has 1 atom stereocenters. The molecule has 1 aliphatic heterocycles. The third kappa shape index (κ3) is 2.29. The minimum Gasteiger partial charge on any atom is -0.467 e. The van der Waals surface area contributed by atoms with Crippen molar-refractivity contribution in [3.63, 3.8) is 0 Å². The van der Waals surface area contributed by atoms with Crippen LogP contribution in [0.3, 0.4) is 0 Å². The molecule has 5 heteroatoms. The second-order valence-electron chi connectivity index (χ2n) is 3.78. The number of carbonyl (C=O) groups is 1. The fourth-order valence-corrected chi connectivity index (χ4v) is 2.33. The maximum atomic E-state index is 11.7. The molecule has 1 aliphatic rings. The van der Waals surface area contributed by atoms with Crippen LogP contribution in [0.1, 0.15) is 25.6 Å². The minimum absolute atomic E-state index is 0.0142. The highest BCUT2D eigenvalue weighted by Gasteiger charge is 2.28. The fraction of sp³-hybridized carbons (Fsp3) is 0.333. The summed E-state index contributed by atoms with van der Waals surface area (Å²) >= 11 is 1.52. The molecular formula is C12H14N2O2S. The van der Waals surface area contributed by atoms with Gasteiger partial charge in [0.1, 0.15) is 11.8 Å². The predicted octanol–water partition coefficient (Wildman–Crippen LogP) is 2.51. The lowest BCUT2D eigenvalue weighted by atomic mass is 9.99.